The van der Waals surface area contributed by atoms with E-state index < -0.39 is 0 Å². The maximum atomic E-state index is 12.4. The van der Waals surface area contributed by atoms with Gasteiger partial charge in [0.2, 0.25) is 11.8 Å². The summed E-state index contributed by atoms with van der Waals surface area (Å²) in [6, 6.07) is 11.7. The highest BCUT2D eigenvalue weighted by Crippen LogP contribution is 2.34. The predicted octanol–water partition coefficient (Wildman–Crippen LogP) is 2.06. The quantitative estimate of drug-likeness (QED) is 0.802. The van der Waals surface area contributed by atoms with E-state index in [1.54, 1.807) is 47.4 Å². The van der Waals surface area contributed by atoms with Gasteiger partial charge < -0.3 is 15.0 Å². The van der Waals surface area contributed by atoms with Gasteiger partial charge in [0.1, 0.15) is 12.4 Å². The molecule has 148 valence electrons. The molecule has 0 atom stereocenters. The number of fused-ring (bicyclic) bond motifs is 2. The van der Waals surface area contributed by atoms with Gasteiger partial charge in [-0.25, -0.2) is 0 Å². The van der Waals surface area contributed by atoms with Crippen molar-refractivity contribution in [2.45, 2.75) is 13.3 Å². The van der Waals surface area contributed by atoms with E-state index in [-0.39, 0.29) is 36.6 Å². The number of carbonyl (C=O) groups excluding carboxylic acids is 4. The molecule has 0 aromatic heterocycles. The molecule has 4 amide bonds. The van der Waals surface area contributed by atoms with Crippen LogP contribution in [0.3, 0.4) is 0 Å². The van der Waals surface area contributed by atoms with Crippen molar-refractivity contribution in [2.75, 3.05) is 29.9 Å². The van der Waals surface area contributed by atoms with Crippen molar-refractivity contribution in [3.8, 4) is 5.75 Å². The van der Waals surface area contributed by atoms with Gasteiger partial charge in [-0.3, -0.25) is 24.1 Å². The lowest BCUT2D eigenvalue weighted by atomic mass is 10.1. The van der Waals surface area contributed by atoms with Crippen molar-refractivity contribution >= 4 is 35.0 Å². The molecular formula is C21H19N3O5. The summed E-state index contributed by atoms with van der Waals surface area (Å²) in [5.74, 6) is -0.644. The van der Waals surface area contributed by atoms with Crippen LogP contribution in [0.15, 0.2) is 42.5 Å². The molecule has 29 heavy (non-hydrogen) atoms. The van der Waals surface area contributed by atoms with Gasteiger partial charge in [0.15, 0.2) is 0 Å². The fourth-order valence-corrected chi connectivity index (χ4v) is 3.50. The van der Waals surface area contributed by atoms with E-state index >= 15 is 0 Å². The van der Waals surface area contributed by atoms with Crippen molar-refractivity contribution in [3.63, 3.8) is 0 Å². The third kappa shape index (κ3) is 3.44. The van der Waals surface area contributed by atoms with Gasteiger partial charge in [-0.15, -0.1) is 0 Å². The molecule has 8 nitrogen and oxygen atoms in total. The normalized spacial score (nSPS) is 14.9. The van der Waals surface area contributed by atoms with Gasteiger partial charge in [-0.2, -0.15) is 0 Å². The Labute approximate surface area is 167 Å². The summed E-state index contributed by atoms with van der Waals surface area (Å²) in [5, 5.41) is 2.74. The number of rotatable bonds is 4. The molecule has 0 fully saturated rings. The Morgan fingerprint density at radius 3 is 2.41 bits per heavy atom. The Morgan fingerprint density at radius 2 is 1.76 bits per heavy atom. The molecule has 0 spiro atoms. The van der Waals surface area contributed by atoms with Crippen LogP contribution in [0.1, 0.15) is 34.1 Å². The topological polar surface area (TPSA) is 96.0 Å². The summed E-state index contributed by atoms with van der Waals surface area (Å²) in [6.07, 6.45) is -0.0323. The van der Waals surface area contributed by atoms with Crippen molar-refractivity contribution in [1.82, 2.24) is 4.90 Å². The Kier molecular flexibility index (Phi) is 4.75. The van der Waals surface area contributed by atoms with Crippen LogP contribution in [0.5, 0.6) is 5.75 Å². The number of hydrogen-bond donors (Lipinski definition) is 1. The maximum Gasteiger partial charge on any atom is 0.261 e. The number of nitrogens with one attached hydrogen (secondary N) is 1. The van der Waals surface area contributed by atoms with E-state index in [0.29, 0.717) is 41.4 Å². The molecule has 0 radical (unpaired) electrons. The lowest BCUT2D eigenvalue weighted by Crippen LogP contribution is -2.36. The summed E-state index contributed by atoms with van der Waals surface area (Å²) < 4.78 is 5.54. The van der Waals surface area contributed by atoms with E-state index in [2.05, 4.69) is 5.32 Å². The van der Waals surface area contributed by atoms with Gasteiger partial charge in [0.25, 0.3) is 11.8 Å². The highest BCUT2D eigenvalue weighted by Gasteiger charge is 2.35. The number of ether oxygens (including phenoxy) is 1. The zero-order valence-electron chi connectivity index (χ0n) is 15.8. The zero-order chi connectivity index (χ0) is 20.5. The van der Waals surface area contributed by atoms with Gasteiger partial charge >= 0.3 is 0 Å². The zero-order valence-corrected chi connectivity index (χ0v) is 15.8. The molecule has 2 aromatic rings. The largest absolute Gasteiger partial charge is 0.490 e. The second-order valence-corrected chi connectivity index (χ2v) is 6.81. The number of benzene rings is 2. The number of carbonyl (C=O) groups is 4. The van der Waals surface area contributed by atoms with E-state index in [1.165, 1.54) is 6.92 Å². The predicted molar refractivity (Wildman–Crippen MR) is 105 cm³/mol. The van der Waals surface area contributed by atoms with Gasteiger partial charge in [0.05, 0.1) is 23.4 Å². The highest BCUT2D eigenvalue weighted by molar-refractivity contribution is 6.21. The molecule has 2 aromatic carbocycles. The molecule has 0 unspecified atom stereocenters. The van der Waals surface area contributed by atoms with Gasteiger partial charge in [-0.05, 0) is 30.3 Å². The lowest BCUT2D eigenvalue weighted by molar-refractivity contribution is -0.117. The monoisotopic (exact) mass is 393 g/mol. The Bertz CT molecular complexity index is 998. The molecule has 2 aliphatic rings. The smallest absolute Gasteiger partial charge is 0.261 e. The minimum absolute atomic E-state index is 0.00813. The van der Waals surface area contributed by atoms with Gasteiger partial charge in [-0.1, -0.05) is 12.1 Å². The van der Waals surface area contributed by atoms with E-state index in [9.17, 15) is 19.2 Å². The van der Waals surface area contributed by atoms with Crippen LogP contribution in [0.25, 0.3) is 0 Å². The van der Waals surface area contributed by atoms with E-state index in [4.69, 9.17) is 4.74 Å². The summed E-state index contributed by atoms with van der Waals surface area (Å²) in [4.78, 5) is 51.6. The van der Waals surface area contributed by atoms with E-state index in [0.717, 1.165) is 4.90 Å². The Morgan fingerprint density at radius 1 is 1.07 bits per heavy atom. The lowest BCUT2D eigenvalue weighted by Gasteiger charge is -2.29. The number of nitrogens with zero attached hydrogens (tertiary/aromatic N) is 2. The van der Waals surface area contributed by atoms with Crippen molar-refractivity contribution in [2.24, 2.45) is 0 Å². The molecule has 0 aliphatic carbocycles. The molecule has 8 heteroatoms. The fourth-order valence-electron chi connectivity index (χ4n) is 3.50. The minimum Gasteiger partial charge on any atom is -0.490 e. The SMILES string of the molecule is CC(=O)N1CCOc2ccc(NC(=O)CCN3C(=O)c4ccccc4C3=O)cc21. The average Bonchev–Trinajstić information content (AvgIpc) is 2.96. The van der Waals surface area contributed by atoms with Crippen LogP contribution in [0, 0.1) is 0 Å². The number of amides is 4. The summed E-state index contributed by atoms with van der Waals surface area (Å²) in [6.45, 7) is 2.33. The number of anilines is 2. The van der Waals surface area contributed by atoms with Crippen LogP contribution in [0.2, 0.25) is 0 Å². The maximum absolute atomic E-state index is 12.4. The van der Waals surface area contributed by atoms with Gasteiger partial charge in [0, 0.05) is 25.6 Å². The molecular weight excluding hydrogens is 374 g/mol. The van der Waals surface area contributed by atoms with Crippen LogP contribution < -0.4 is 15.0 Å². The standard InChI is InChI=1S/C21H19N3O5/c1-13(25)23-10-11-29-18-7-6-14(12-17(18)23)22-19(26)8-9-24-20(27)15-4-2-3-5-16(15)21(24)28/h2-7,12H,8-11H2,1H3,(H,22,26). The van der Waals surface area contributed by atoms with Crippen LogP contribution >= 0.6 is 0 Å². The number of imide groups is 1. The molecule has 2 aliphatic heterocycles. The van der Waals surface area contributed by atoms with Crippen molar-refractivity contribution in [3.05, 3.63) is 53.6 Å². The first-order valence-electron chi connectivity index (χ1n) is 9.26. The molecule has 4 rings (SSSR count). The minimum atomic E-state index is -0.388. The van der Waals surface area contributed by atoms with Crippen molar-refractivity contribution < 1.29 is 23.9 Å². The Balaban J connectivity index is 1.41. The van der Waals surface area contributed by atoms with E-state index in [1.807, 2.05) is 0 Å². The summed E-state index contributed by atoms with van der Waals surface area (Å²) >= 11 is 0. The molecule has 0 bridgehead atoms. The van der Waals surface area contributed by atoms with Crippen LogP contribution in [-0.2, 0) is 9.59 Å². The van der Waals surface area contributed by atoms with Crippen LogP contribution in [0.4, 0.5) is 11.4 Å². The van der Waals surface area contributed by atoms with Crippen LogP contribution in [-0.4, -0.2) is 48.2 Å². The van der Waals surface area contributed by atoms with Crippen molar-refractivity contribution in [1.29, 1.82) is 0 Å². The second-order valence-electron chi connectivity index (χ2n) is 6.81. The third-order valence-electron chi connectivity index (χ3n) is 4.93. The molecule has 0 saturated carbocycles. The fraction of sp³-hybridized carbons (Fsp3) is 0.238. The average molecular weight is 393 g/mol. The second kappa shape index (κ2) is 7.38. The summed E-state index contributed by atoms with van der Waals surface area (Å²) in [7, 11) is 0. The first-order chi connectivity index (χ1) is 14.0. The molecule has 2 heterocycles. The molecule has 0 saturated heterocycles. The summed E-state index contributed by atoms with van der Waals surface area (Å²) in [5.41, 5.74) is 1.82. The first kappa shape index (κ1) is 18.7. The third-order valence-corrected chi connectivity index (χ3v) is 4.93. The molecule has 1 N–H and O–H groups in total. The first-order valence-corrected chi connectivity index (χ1v) is 9.26. The highest BCUT2D eigenvalue weighted by atomic mass is 16.5. The number of hydrogen-bond acceptors (Lipinski definition) is 5. The Hall–Kier alpha value is -3.68.